The lowest BCUT2D eigenvalue weighted by molar-refractivity contribution is -0.202. The summed E-state index contributed by atoms with van der Waals surface area (Å²) in [6.07, 6.45) is 6.04. The quantitative estimate of drug-likeness (QED) is 0.487. The predicted octanol–water partition coefficient (Wildman–Crippen LogP) is 1.83. The van der Waals surface area contributed by atoms with Crippen molar-refractivity contribution in [3.63, 3.8) is 0 Å². The summed E-state index contributed by atoms with van der Waals surface area (Å²) in [7, 11) is -0.475. The van der Waals surface area contributed by atoms with Crippen LogP contribution in [-0.4, -0.2) is 53.3 Å². The average molecular weight is 440 g/mol. The van der Waals surface area contributed by atoms with Crippen LogP contribution in [0.1, 0.15) is 5.56 Å². The number of anilines is 1. The van der Waals surface area contributed by atoms with E-state index in [9.17, 15) is 8.42 Å². The van der Waals surface area contributed by atoms with Gasteiger partial charge in [0.2, 0.25) is 0 Å². The summed E-state index contributed by atoms with van der Waals surface area (Å²) in [5, 5.41) is 9.23. The first-order valence-electron chi connectivity index (χ1n) is 9.50. The van der Waals surface area contributed by atoms with E-state index in [1.54, 1.807) is 43.4 Å². The van der Waals surface area contributed by atoms with Crippen LogP contribution in [0.2, 0.25) is 0 Å². The van der Waals surface area contributed by atoms with Crippen molar-refractivity contribution in [2.45, 2.75) is 10.5 Å². The van der Waals surface area contributed by atoms with E-state index in [2.05, 4.69) is 19.9 Å². The lowest BCUT2D eigenvalue weighted by Gasteiger charge is -2.40. The maximum atomic E-state index is 13.0. The van der Waals surface area contributed by atoms with Gasteiger partial charge in [-0.25, -0.2) is 18.1 Å². The number of hydrogen-bond acceptors (Lipinski definition) is 7. The molecule has 1 aliphatic heterocycles. The molecule has 0 saturated carbocycles. The molecule has 0 atom stereocenters. The molecule has 31 heavy (non-hydrogen) atoms. The van der Waals surface area contributed by atoms with Crippen molar-refractivity contribution in [2.75, 3.05) is 25.0 Å². The number of aryl methyl sites for hydroxylation is 1. The Morgan fingerprint density at radius 2 is 2.03 bits per heavy atom. The molecular formula is C20H20N6O4S. The van der Waals surface area contributed by atoms with E-state index in [1.165, 1.54) is 17.1 Å². The molecule has 3 aromatic heterocycles. The SMILES string of the molecule is COC1(c2ccnc(-n3cc(S(=O)(=O)Nc4cccc5cnn(C)c45)cn3)c2)COC1. The Balaban J connectivity index is 1.46. The van der Waals surface area contributed by atoms with Crippen LogP contribution in [0.3, 0.4) is 0 Å². The third-order valence-corrected chi connectivity index (χ3v) is 6.76. The molecule has 10 nitrogen and oxygen atoms in total. The molecule has 0 spiro atoms. The van der Waals surface area contributed by atoms with Gasteiger partial charge in [-0.2, -0.15) is 10.2 Å². The smallest absolute Gasteiger partial charge is 0.265 e. The molecule has 0 amide bonds. The maximum absolute atomic E-state index is 13.0. The molecule has 1 aliphatic rings. The largest absolute Gasteiger partial charge is 0.375 e. The first-order valence-corrected chi connectivity index (χ1v) is 11.0. The molecular weight excluding hydrogens is 420 g/mol. The van der Waals surface area contributed by atoms with Crippen LogP contribution >= 0.6 is 0 Å². The predicted molar refractivity (Wildman–Crippen MR) is 112 cm³/mol. The molecule has 0 unspecified atom stereocenters. The lowest BCUT2D eigenvalue weighted by Crippen LogP contribution is -2.48. The van der Waals surface area contributed by atoms with Crippen molar-refractivity contribution in [1.29, 1.82) is 0 Å². The van der Waals surface area contributed by atoms with Gasteiger partial charge < -0.3 is 9.47 Å². The van der Waals surface area contributed by atoms with Crippen molar-refractivity contribution in [1.82, 2.24) is 24.5 Å². The molecule has 1 fully saturated rings. The van der Waals surface area contributed by atoms with Crippen LogP contribution in [0.15, 0.2) is 60.0 Å². The molecule has 0 bridgehead atoms. The number of ether oxygens (including phenoxy) is 2. The Kier molecular flexibility index (Phi) is 4.54. The number of para-hydroxylation sites is 1. The monoisotopic (exact) mass is 440 g/mol. The molecule has 0 aliphatic carbocycles. The standard InChI is InChI=1S/C20H20N6O4S/c1-25-19-14(9-22-25)4-3-5-17(19)24-31(27,28)16-10-23-26(11-16)18-8-15(6-7-21-18)20(29-2)12-30-13-20/h3-11,24H,12-13H2,1-2H3. The first kappa shape index (κ1) is 19.7. The minimum Gasteiger partial charge on any atom is -0.375 e. The number of fused-ring (bicyclic) bond motifs is 1. The van der Waals surface area contributed by atoms with Crippen LogP contribution in [-0.2, 0) is 32.1 Å². The van der Waals surface area contributed by atoms with Crippen LogP contribution in [0.5, 0.6) is 0 Å². The van der Waals surface area contributed by atoms with Crippen molar-refractivity contribution >= 4 is 26.6 Å². The normalized spacial score (nSPS) is 15.7. The number of sulfonamides is 1. The third-order valence-electron chi connectivity index (χ3n) is 5.44. The number of pyridine rings is 1. The molecule has 4 aromatic rings. The van der Waals surface area contributed by atoms with Gasteiger partial charge in [0.1, 0.15) is 10.5 Å². The number of benzene rings is 1. The Hall–Kier alpha value is -3.28. The molecule has 5 rings (SSSR count). The average Bonchev–Trinajstić information content (AvgIpc) is 3.36. The fraction of sp³-hybridized carbons (Fsp3) is 0.250. The molecule has 160 valence electrons. The number of hydrogen-bond donors (Lipinski definition) is 1. The van der Waals surface area contributed by atoms with E-state index < -0.39 is 15.6 Å². The highest BCUT2D eigenvalue weighted by Crippen LogP contribution is 2.33. The topological polar surface area (TPSA) is 113 Å². The highest BCUT2D eigenvalue weighted by molar-refractivity contribution is 7.92. The van der Waals surface area contributed by atoms with Crippen LogP contribution in [0.25, 0.3) is 16.7 Å². The van der Waals surface area contributed by atoms with Crippen molar-refractivity contribution in [3.8, 4) is 5.82 Å². The van der Waals surface area contributed by atoms with Gasteiger partial charge in [0, 0.05) is 25.7 Å². The number of rotatable bonds is 6. The maximum Gasteiger partial charge on any atom is 0.265 e. The van der Waals surface area contributed by atoms with Gasteiger partial charge in [0.05, 0.1) is 43.0 Å². The van der Waals surface area contributed by atoms with E-state index in [-0.39, 0.29) is 4.90 Å². The van der Waals surface area contributed by atoms with E-state index in [4.69, 9.17) is 9.47 Å². The first-order chi connectivity index (χ1) is 14.9. The summed E-state index contributed by atoms with van der Waals surface area (Å²) in [4.78, 5) is 4.34. The Morgan fingerprint density at radius 1 is 1.19 bits per heavy atom. The Labute approximate surface area is 178 Å². The highest BCUT2D eigenvalue weighted by Gasteiger charge is 2.41. The van der Waals surface area contributed by atoms with E-state index in [0.29, 0.717) is 30.2 Å². The van der Waals surface area contributed by atoms with Crippen LogP contribution < -0.4 is 4.72 Å². The Bertz CT molecular complexity index is 1370. The summed E-state index contributed by atoms with van der Waals surface area (Å²) < 4.78 is 42.6. The molecule has 1 aromatic carbocycles. The van der Waals surface area contributed by atoms with Crippen LogP contribution in [0.4, 0.5) is 5.69 Å². The van der Waals surface area contributed by atoms with E-state index in [1.807, 2.05) is 18.2 Å². The third kappa shape index (κ3) is 3.26. The van der Waals surface area contributed by atoms with Gasteiger partial charge in [0.25, 0.3) is 10.0 Å². The fourth-order valence-corrected chi connectivity index (χ4v) is 4.60. The van der Waals surface area contributed by atoms with Gasteiger partial charge in [0.15, 0.2) is 5.82 Å². The van der Waals surface area contributed by atoms with Crippen molar-refractivity contribution < 1.29 is 17.9 Å². The highest BCUT2D eigenvalue weighted by atomic mass is 32.2. The molecule has 4 heterocycles. The van der Waals surface area contributed by atoms with Gasteiger partial charge in [-0.05, 0) is 23.8 Å². The number of aromatic nitrogens is 5. The molecule has 1 N–H and O–H groups in total. The van der Waals surface area contributed by atoms with E-state index >= 15 is 0 Å². The summed E-state index contributed by atoms with van der Waals surface area (Å²) in [5.74, 6) is 0.482. The Morgan fingerprint density at radius 3 is 2.77 bits per heavy atom. The zero-order chi connectivity index (χ0) is 21.6. The van der Waals surface area contributed by atoms with Crippen molar-refractivity contribution in [2.24, 2.45) is 7.05 Å². The van der Waals surface area contributed by atoms with Crippen LogP contribution in [0, 0.1) is 0 Å². The molecule has 1 saturated heterocycles. The summed E-state index contributed by atoms with van der Waals surface area (Å²) >= 11 is 0. The van der Waals surface area contributed by atoms with E-state index in [0.717, 1.165) is 10.9 Å². The zero-order valence-corrected chi connectivity index (χ0v) is 17.7. The number of methoxy groups -OCH3 is 1. The van der Waals surface area contributed by atoms with Gasteiger partial charge >= 0.3 is 0 Å². The number of nitrogens with zero attached hydrogens (tertiary/aromatic N) is 5. The summed E-state index contributed by atoms with van der Waals surface area (Å²) in [6.45, 7) is 0.907. The summed E-state index contributed by atoms with van der Waals surface area (Å²) in [5.41, 5.74) is 1.52. The second kappa shape index (κ2) is 7.15. The lowest BCUT2D eigenvalue weighted by atomic mass is 9.92. The second-order valence-corrected chi connectivity index (χ2v) is 9.01. The van der Waals surface area contributed by atoms with Crippen molar-refractivity contribution in [3.05, 3.63) is 60.7 Å². The summed E-state index contributed by atoms with van der Waals surface area (Å²) in [6, 6.07) is 9.02. The number of nitrogens with one attached hydrogen (secondary N) is 1. The second-order valence-electron chi connectivity index (χ2n) is 7.33. The molecule has 0 radical (unpaired) electrons. The van der Waals surface area contributed by atoms with Gasteiger partial charge in [-0.3, -0.25) is 9.40 Å². The van der Waals surface area contributed by atoms with Gasteiger partial charge in [-0.1, -0.05) is 12.1 Å². The molecule has 11 heteroatoms. The minimum atomic E-state index is -3.87. The van der Waals surface area contributed by atoms with Gasteiger partial charge in [-0.15, -0.1) is 0 Å². The zero-order valence-electron chi connectivity index (χ0n) is 16.9. The minimum absolute atomic E-state index is 0.0207. The fourth-order valence-electron chi connectivity index (χ4n) is 3.61.